The molecule has 0 amide bonds. The van der Waals surface area contributed by atoms with Crippen LogP contribution in [0.25, 0.3) is 21.9 Å². The minimum absolute atomic E-state index is 0.371. The van der Waals surface area contributed by atoms with Crippen LogP contribution in [-0.4, -0.2) is 5.11 Å². The van der Waals surface area contributed by atoms with Crippen LogP contribution in [0.15, 0.2) is 88.7 Å². The standard InChI is InChI=1S/C26H24OS/c1-4-5-10-25(17(2)3)28-20-13-14-22-23(16-20)24(27)15-19-12-11-18-8-6-7-9-21(18)26(19)22/h4-10,13-16,27H,1,11-12H2,2-3H3/b10-5-. The number of allylic oxidation sites excluding steroid dienone is 4. The first-order chi connectivity index (χ1) is 13.6. The number of hydrogen-bond donors (Lipinski definition) is 1. The molecule has 0 heterocycles. The molecule has 0 aliphatic heterocycles. The number of aromatic hydroxyl groups is 1. The second kappa shape index (κ2) is 7.73. The SMILES string of the molecule is C=C/C=C\C(Sc1ccc2c3c(cc(O)c2c1)CCc1ccccc1-3)=C(C)C. The summed E-state index contributed by atoms with van der Waals surface area (Å²) in [6.45, 7) is 7.98. The van der Waals surface area contributed by atoms with Gasteiger partial charge in [-0.3, -0.25) is 0 Å². The van der Waals surface area contributed by atoms with Crippen LogP contribution >= 0.6 is 11.8 Å². The third kappa shape index (κ3) is 3.41. The van der Waals surface area contributed by atoms with Gasteiger partial charge in [-0.05, 0) is 78.6 Å². The van der Waals surface area contributed by atoms with Crippen LogP contribution < -0.4 is 0 Å². The van der Waals surface area contributed by atoms with Crippen LogP contribution in [0.2, 0.25) is 0 Å². The Bertz CT molecular complexity index is 1130. The first kappa shape index (κ1) is 18.6. The Morgan fingerprint density at radius 1 is 1.00 bits per heavy atom. The van der Waals surface area contributed by atoms with Gasteiger partial charge in [-0.1, -0.05) is 66.4 Å². The number of phenolic OH excluding ortho intramolecular Hbond substituents is 1. The number of aryl methyl sites for hydroxylation is 2. The molecule has 3 aromatic carbocycles. The lowest BCUT2D eigenvalue weighted by molar-refractivity contribution is 0.481. The third-order valence-electron chi connectivity index (χ3n) is 5.22. The van der Waals surface area contributed by atoms with Gasteiger partial charge in [-0.25, -0.2) is 0 Å². The zero-order valence-electron chi connectivity index (χ0n) is 16.3. The Balaban J connectivity index is 1.84. The summed E-state index contributed by atoms with van der Waals surface area (Å²) in [6, 6.07) is 17.0. The maximum absolute atomic E-state index is 10.7. The quantitative estimate of drug-likeness (QED) is 0.372. The monoisotopic (exact) mass is 384 g/mol. The Kier molecular flexibility index (Phi) is 5.15. The Morgan fingerprint density at radius 2 is 1.79 bits per heavy atom. The van der Waals surface area contributed by atoms with Crippen molar-refractivity contribution >= 4 is 22.5 Å². The van der Waals surface area contributed by atoms with E-state index < -0.39 is 0 Å². The van der Waals surface area contributed by atoms with Gasteiger partial charge in [0.25, 0.3) is 0 Å². The molecule has 140 valence electrons. The first-order valence-corrected chi connectivity index (χ1v) is 10.4. The minimum atomic E-state index is 0.371. The molecule has 0 radical (unpaired) electrons. The lowest BCUT2D eigenvalue weighted by Crippen LogP contribution is -2.04. The summed E-state index contributed by atoms with van der Waals surface area (Å²) in [5.41, 5.74) is 6.46. The van der Waals surface area contributed by atoms with E-state index in [2.05, 4.69) is 69.0 Å². The molecule has 0 atom stereocenters. The highest BCUT2D eigenvalue weighted by Gasteiger charge is 2.20. The van der Waals surface area contributed by atoms with Crippen molar-refractivity contribution in [2.24, 2.45) is 0 Å². The third-order valence-corrected chi connectivity index (χ3v) is 6.48. The van der Waals surface area contributed by atoms with Crippen molar-refractivity contribution in [2.45, 2.75) is 31.6 Å². The molecule has 0 saturated carbocycles. The van der Waals surface area contributed by atoms with E-state index in [0.29, 0.717) is 5.75 Å². The van der Waals surface area contributed by atoms with E-state index in [9.17, 15) is 5.11 Å². The molecule has 0 saturated heterocycles. The zero-order valence-corrected chi connectivity index (χ0v) is 17.1. The van der Waals surface area contributed by atoms with Gasteiger partial charge in [0.1, 0.15) is 5.75 Å². The van der Waals surface area contributed by atoms with Gasteiger partial charge in [-0.15, -0.1) is 0 Å². The molecule has 0 fully saturated rings. The van der Waals surface area contributed by atoms with Crippen molar-refractivity contribution < 1.29 is 5.11 Å². The molecule has 0 bridgehead atoms. The number of rotatable bonds is 4. The predicted octanol–water partition coefficient (Wildman–Crippen LogP) is 7.44. The van der Waals surface area contributed by atoms with Crippen LogP contribution in [-0.2, 0) is 12.8 Å². The van der Waals surface area contributed by atoms with Crippen LogP contribution in [0, 0.1) is 0 Å². The highest BCUT2D eigenvalue weighted by Crippen LogP contribution is 2.43. The minimum Gasteiger partial charge on any atom is -0.507 e. The van der Waals surface area contributed by atoms with E-state index in [1.54, 1.807) is 17.8 Å². The van der Waals surface area contributed by atoms with Crippen LogP contribution in [0.5, 0.6) is 5.75 Å². The van der Waals surface area contributed by atoms with Crippen molar-refractivity contribution in [2.75, 3.05) is 0 Å². The normalized spacial score (nSPS) is 12.6. The topological polar surface area (TPSA) is 20.2 Å². The summed E-state index contributed by atoms with van der Waals surface area (Å²) in [7, 11) is 0. The fourth-order valence-corrected chi connectivity index (χ4v) is 4.77. The number of phenols is 1. The summed E-state index contributed by atoms with van der Waals surface area (Å²) in [6.07, 6.45) is 7.84. The largest absolute Gasteiger partial charge is 0.507 e. The molecule has 1 nitrogen and oxygen atoms in total. The summed E-state index contributed by atoms with van der Waals surface area (Å²) in [4.78, 5) is 2.32. The van der Waals surface area contributed by atoms with Crippen LogP contribution in [0.3, 0.4) is 0 Å². The summed E-state index contributed by atoms with van der Waals surface area (Å²) in [5.74, 6) is 0.371. The Morgan fingerprint density at radius 3 is 2.57 bits per heavy atom. The van der Waals surface area contributed by atoms with Gasteiger partial charge >= 0.3 is 0 Å². The zero-order chi connectivity index (χ0) is 19.7. The molecule has 4 rings (SSSR count). The Hall–Kier alpha value is -2.71. The molecule has 3 aromatic rings. The van der Waals surface area contributed by atoms with Gasteiger partial charge in [-0.2, -0.15) is 0 Å². The van der Waals surface area contributed by atoms with E-state index in [-0.39, 0.29) is 0 Å². The second-order valence-corrected chi connectivity index (χ2v) is 8.47. The van der Waals surface area contributed by atoms with Crippen molar-refractivity contribution in [3.8, 4) is 16.9 Å². The Labute approximate surface area is 171 Å². The molecule has 2 heteroatoms. The van der Waals surface area contributed by atoms with Crippen molar-refractivity contribution in [3.05, 3.63) is 94.9 Å². The summed E-state index contributed by atoms with van der Waals surface area (Å²) in [5, 5.41) is 12.8. The molecule has 1 aliphatic carbocycles. The molecule has 0 unspecified atom stereocenters. The van der Waals surface area contributed by atoms with Gasteiger partial charge in [0.15, 0.2) is 0 Å². The van der Waals surface area contributed by atoms with E-state index in [0.717, 1.165) is 28.5 Å². The molecular formula is C26H24OS. The van der Waals surface area contributed by atoms with Crippen LogP contribution in [0.4, 0.5) is 0 Å². The molecule has 1 aliphatic rings. The van der Waals surface area contributed by atoms with Crippen LogP contribution in [0.1, 0.15) is 25.0 Å². The van der Waals surface area contributed by atoms with E-state index in [4.69, 9.17) is 0 Å². The van der Waals surface area contributed by atoms with Crippen molar-refractivity contribution in [1.29, 1.82) is 0 Å². The lowest BCUT2D eigenvalue weighted by atomic mass is 9.82. The summed E-state index contributed by atoms with van der Waals surface area (Å²) >= 11 is 1.72. The van der Waals surface area contributed by atoms with Gasteiger partial charge in [0.2, 0.25) is 0 Å². The molecular weight excluding hydrogens is 360 g/mol. The highest BCUT2D eigenvalue weighted by molar-refractivity contribution is 8.03. The van der Waals surface area contributed by atoms with Gasteiger partial charge in [0.05, 0.1) is 0 Å². The average Bonchev–Trinajstić information content (AvgIpc) is 2.70. The average molecular weight is 385 g/mol. The number of benzene rings is 3. The fourth-order valence-electron chi connectivity index (χ4n) is 3.86. The number of fused-ring (bicyclic) bond motifs is 5. The van der Waals surface area contributed by atoms with E-state index in [1.165, 1.54) is 32.7 Å². The van der Waals surface area contributed by atoms with E-state index in [1.807, 2.05) is 12.1 Å². The maximum Gasteiger partial charge on any atom is 0.123 e. The summed E-state index contributed by atoms with van der Waals surface area (Å²) < 4.78 is 0. The van der Waals surface area contributed by atoms with Crippen molar-refractivity contribution in [3.63, 3.8) is 0 Å². The first-order valence-electron chi connectivity index (χ1n) is 9.60. The smallest absolute Gasteiger partial charge is 0.123 e. The predicted molar refractivity (Wildman–Crippen MR) is 122 cm³/mol. The number of hydrogen-bond acceptors (Lipinski definition) is 2. The molecule has 0 aromatic heterocycles. The molecule has 0 spiro atoms. The number of thioether (sulfide) groups is 1. The van der Waals surface area contributed by atoms with Crippen molar-refractivity contribution in [1.82, 2.24) is 0 Å². The van der Waals surface area contributed by atoms with Gasteiger partial charge in [0, 0.05) is 15.2 Å². The fraction of sp³-hybridized carbons (Fsp3) is 0.154. The lowest BCUT2D eigenvalue weighted by Gasteiger charge is -2.22. The highest BCUT2D eigenvalue weighted by atomic mass is 32.2. The van der Waals surface area contributed by atoms with E-state index >= 15 is 0 Å². The molecule has 1 N–H and O–H groups in total. The maximum atomic E-state index is 10.7. The second-order valence-electron chi connectivity index (χ2n) is 7.36. The molecule has 28 heavy (non-hydrogen) atoms. The van der Waals surface area contributed by atoms with Gasteiger partial charge < -0.3 is 5.11 Å².